The number of allylic oxidation sites excluding steroid dienone is 2. The van der Waals surface area contributed by atoms with Crippen LogP contribution in [0.3, 0.4) is 0 Å². The Morgan fingerprint density at radius 2 is 1.40 bits per heavy atom. The number of rotatable bonds is 6. The van der Waals surface area contributed by atoms with Gasteiger partial charge < -0.3 is 0 Å². The molecular formula is C28H38F2. The van der Waals surface area contributed by atoms with E-state index < -0.39 is 11.6 Å². The number of halogens is 2. The second-order valence-electron chi connectivity index (χ2n) is 10.3. The molecule has 0 saturated heterocycles. The van der Waals surface area contributed by atoms with Gasteiger partial charge in [-0.25, -0.2) is 8.78 Å². The van der Waals surface area contributed by atoms with Gasteiger partial charge in [-0.3, -0.25) is 0 Å². The van der Waals surface area contributed by atoms with Gasteiger partial charge in [0.05, 0.1) is 0 Å². The summed E-state index contributed by atoms with van der Waals surface area (Å²) in [6, 6.07) is 3.65. The van der Waals surface area contributed by atoms with E-state index in [1.165, 1.54) is 51.4 Å². The van der Waals surface area contributed by atoms with Gasteiger partial charge >= 0.3 is 0 Å². The topological polar surface area (TPSA) is 0 Å². The van der Waals surface area contributed by atoms with Gasteiger partial charge in [-0.1, -0.05) is 24.3 Å². The van der Waals surface area contributed by atoms with E-state index in [4.69, 9.17) is 0 Å². The zero-order valence-electron chi connectivity index (χ0n) is 18.4. The van der Waals surface area contributed by atoms with Crippen molar-refractivity contribution in [3.63, 3.8) is 0 Å². The lowest BCUT2D eigenvalue weighted by Crippen LogP contribution is -2.34. The van der Waals surface area contributed by atoms with Crippen LogP contribution in [-0.4, -0.2) is 0 Å². The molecule has 3 saturated carbocycles. The van der Waals surface area contributed by atoms with Crippen LogP contribution in [0.2, 0.25) is 0 Å². The largest absolute Gasteiger partial charge is 0.203 e. The maximum atomic E-state index is 14.8. The summed E-state index contributed by atoms with van der Waals surface area (Å²) in [6.07, 6.45) is 17.8. The molecule has 4 unspecified atom stereocenters. The molecule has 3 fully saturated rings. The van der Waals surface area contributed by atoms with Crippen LogP contribution >= 0.6 is 0 Å². The predicted molar refractivity (Wildman–Crippen MR) is 121 cm³/mol. The normalized spacial score (nSPS) is 34.2. The fourth-order valence-electron chi connectivity index (χ4n) is 6.88. The Balaban J connectivity index is 1.33. The first-order valence-electron chi connectivity index (χ1n) is 12.3. The Bertz CT molecular complexity index is 743. The molecule has 0 amide bonds. The van der Waals surface area contributed by atoms with Gasteiger partial charge in [0, 0.05) is 0 Å². The molecule has 0 N–H and O–H groups in total. The van der Waals surface area contributed by atoms with Crippen molar-refractivity contribution in [3.05, 3.63) is 60.2 Å². The van der Waals surface area contributed by atoms with Crippen LogP contribution in [0.4, 0.5) is 8.78 Å². The third-order valence-electron chi connectivity index (χ3n) is 8.72. The van der Waals surface area contributed by atoms with Crippen LogP contribution < -0.4 is 0 Å². The molecule has 0 bridgehead atoms. The lowest BCUT2D eigenvalue weighted by molar-refractivity contribution is 0.0718. The minimum Gasteiger partial charge on any atom is -0.203 e. The molecule has 0 nitrogen and oxygen atoms in total. The molecule has 164 valence electrons. The highest BCUT2D eigenvalue weighted by molar-refractivity contribution is 5.29. The highest BCUT2D eigenvalue weighted by Crippen LogP contribution is 2.50. The van der Waals surface area contributed by atoms with E-state index in [-0.39, 0.29) is 5.92 Å². The van der Waals surface area contributed by atoms with Gasteiger partial charge in [-0.15, -0.1) is 13.2 Å². The zero-order valence-corrected chi connectivity index (χ0v) is 18.4. The monoisotopic (exact) mass is 412 g/mol. The molecule has 3 aliphatic carbocycles. The van der Waals surface area contributed by atoms with E-state index in [0.717, 1.165) is 42.4 Å². The smallest absolute Gasteiger partial charge is 0.162 e. The second-order valence-corrected chi connectivity index (χ2v) is 10.3. The molecule has 1 aromatic carbocycles. The molecular weight excluding hydrogens is 374 g/mol. The standard InChI is InChI=1S/C28H38F2/c1-3-5-6-22-15-16-26(28(30)27(22)29)21-11-9-20(10-12-21)24-14-13-23-17-19(4-2)7-8-25(23)18-24/h3-4,15-16,19-21,23-25H,1-2,5-14,17-18H2. The lowest BCUT2D eigenvalue weighted by atomic mass is 9.61. The van der Waals surface area contributed by atoms with Crippen LogP contribution in [0, 0.1) is 41.2 Å². The number of benzene rings is 1. The molecule has 4 rings (SSSR count). The Morgan fingerprint density at radius 1 is 0.767 bits per heavy atom. The summed E-state index contributed by atoms with van der Waals surface area (Å²) in [7, 11) is 0. The summed E-state index contributed by atoms with van der Waals surface area (Å²) in [5.41, 5.74) is 1.09. The van der Waals surface area contributed by atoms with Crippen LogP contribution in [-0.2, 0) is 6.42 Å². The van der Waals surface area contributed by atoms with Crippen molar-refractivity contribution >= 4 is 0 Å². The summed E-state index contributed by atoms with van der Waals surface area (Å²) in [6.45, 7) is 7.69. The van der Waals surface area contributed by atoms with E-state index >= 15 is 0 Å². The molecule has 2 heteroatoms. The summed E-state index contributed by atoms with van der Waals surface area (Å²) in [4.78, 5) is 0. The highest BCUT2D eigenvalue weighted by Gasteiger charge is 2.38. The fourth-order valence-corrected chi connectivity index (χ4v) is 6.88. The van der Waals surface area contributed by atoms with Gasteiger partial charge in [0.25, 0.3) is 0 Å². The SMILES string of the molecule is C=CCCc1ccc(C2CCC(C3CCC4CC(C=C)CCC4C3)CC2)c(F)c1F. The first-order chi connectivity index (χ1) is 14.6. The van der Waals surface area contributed by atoms with E-state index in [9.17, 15) is 8.78 Å². The summed E-state index contributed by atoms with van der Waals surface area (Å²) in [5, 5.41) is 0. The van der Waals surface area contributed by atoms with Gasteiger partial charge in [-0.2, -0.15) is 0 Å². The molecule has 0 radical (unpaired) electrons. The average Bonchev–Trinajstić information content (AvgIpc) is 2.79. The predicted octanol–water partition coefficient (Wildman–Crippen LogP) is 8.38. The summed E-state index contributed by atoms with van der Waals surface area (Å²) in [5.74, 6) is 3.19. The third kappa shape index (κ3) is 4.58. The first-order valence-corrected chi connectivity index (χ1v) is 12.3. The van der Waals surface area contributed by atoms with Crippen LogP contribution in [0.1, 0.15) is 87.7 Å². The van der Waals surface area contributed by atoms with Crippen LogP contribution in [0.25, 0.3) is 0 Å². The fraction of sp³-hybridized carbons (Fsp3) is 0.643. The van der Waals surface area contributed by atoms with E-state index in [1.807, 2.05) is 6.07 Å². The van der Waals surface area contributed by atoms with Crippen molar-refractivity contribution in [2.75, 3.05) is 0 Å². The maximum Gasteiger partial charge on any atom is 0.162 e. The van der Waals surface area contributed by atoms with Crippen molar-refractivity contribution in [1.29, 1.82) is 0 Å². The van der Waals surface area contributed by atoms with Crippen molar-refractivity contribution in [1.82, 2.24) is 0 Å². The molecule has 1 aromatic rings. The highest BCUT2D eigenvalue weighted by atomic mass is 19.2. The van der Waals surface area contributed by atoms with Gasteiger partial charge in [0.15, 0.2) is 11.6 Å². The van der Waals surface area contributed by atoms with E-state index in [1.54, 1.807) is 12.1 Å². The van der Waals surface area contributed by atoms with Crippen molar-refractivity contribution in [2.45, 2.75) is 83.0 Å². The summed E-state index contributed by atoms with van der Waals surface area (Å²) < 4.78 is 29.3. The number of aryl methyl sites for hydroxylation is 1. The summed E-state index contributed by atoms with van der Waals surface area (Å²) >= 11 is 0. The molecule has 4 atom stereocenters. The third-order valence-corrected chi connectivity index (χ3v) is 8.72. The van der Waals surface area contributed by atoms with Crippen molar-refractivity contribution < 1.29 is 8.78 Å². The molecule has 3 aliphatic rings. The lowest BCUT2D eigenvalue weighted by Gasteiger charge is -2.45. The van der Waals surface area contributed by atoms with Crippen molar-refractivity contribution in [3.8, 4) is 0 Å². The minimum absolute atomic E-state index is 0.184. The molecule has 0 aromatic heterocycles. The quantitative estimate of drug-likeness (QED) is 0.412. The Labute approximate surface area is 181 Å². The second kappa shape index (κ2) is 9.79. The van der Waals surface area contributed by atoms with Gasteiger partial charge in [0.1, 0.15) is 0 Å². The number of hydrogen-bond donors (Lipinski definition) is 0. The van der Waals surface area contributed by atoms with Gasteiger partial charge in [-0.05, 0) is 124 Å². The zero-order chi connectivity index (χ0) is 21.1. The van der Waals surface area contributed by atoms with E-state index in [2.05, 4.69) is 19.2 Å². The molecule has 0 heterocycles. The first kappa shape index (κ1) is 21.8. The van der Waals surface area contributed by atoms with Gasteiger partial charge in [0.2, 0.25) is 0 Å². The van der Waals surface area contributed by atoms with Crippen LogP contribution in [0.5, 0.6) is 0 Å². The maximum absolute atomic E-state index is 14.8. The molecule has 0 aliphatic heterocycles. The minimum atomic E-state index is -0.634. The molecule has 0 spiro atoms. The Morgan fingerprint density at radius 3 is 2.10 bits per heavy atom. The van der Waals surface area contributed by atoms with Crippen LogP contribution in [0.15, 0.2) is 37.4 Å². The van der Waals surface area contributed by atoms with E-state index in [0.29, 0.717) is 24.0 Å². The average molecular weight is 413 g/mol. The number of hydrogen-bond acceptors (Lipinski definition) is 0. The number of fused-ring (bicyclic) bond motifs is 1. The Hall–Kier alpha value is -1.44. The van der Waals surface area contributed by atoms with Crippen molar-refractivity contribution in [2.24, 2.45) is 29.6 Å². The molecule has 30 heavy (non-hydrogen) atoms. The Kier molecular flexibility index (Phi) is 7.11.